The number of hydroxylamine groups is 1. The Balaban J connectivity index is 0.000000978. The molecule has 0 bridgehead atoms. The molecule has 1 fully saturated rings. The topological polar surface area (TPSA) is 139 Å². The minimum absolute atomic E-state index is 0. The molecule has 0 aliphatic carbocycles. The van der Waals surface area contributed by atoms with E-state index in [2.05, 4.69) is 21.0 Å². The van der Waals surface area contributed by atoms with Gasteiger partial charge in [-0.25, -0.2) is 20.0 Å². The summed E-state index contributed by atoms with van der Waals surface area (Å²) in [7, 11) is 1.50. The summed E-state index contributed by atoms with van der Waals surface area (Å²) in [6.45, 7) is 5.39. The lowest BCUT2D eigenvalue weighted by atomic mass is 9.91. The van der Waals surface area contributed by atoms with Gasteiger partial charge in [-0.1, -0.05) is 0 Å². The Morgan fingerprint density at radius 1 is 1.14 bits per heavy atom. The minimum Gasteiger partial charge on any atom is -0.481 e. The van der Waals surface area contributed by atoms with Crippen LogP contribution in [0.25, 0.3) is 11.1 Å². The highest BCUT2D eigenvalue weighted by Crippen LogP contribution is 2.46. The van der Waals surface area contributed by atoms with E-state index in [1.807, 2.05) is 32.0 Å². The van der Waals surface area contributed by atoms with Crippen LogP contribution in [0.3, 0.4) is 0 Å². The molecule has 0 unspecified atom stereocenters. The standard InChI is InChI=1S/C24H24N6O4.CH5N.2H2/c1-24(2)21-17(16-6-5-15(11-19(16)34-24)29-7-3-4-20(29)31)13-26-23(28-21)27-14-10-18-22(25-12-14)33-9-8-30(18)32;1-2;;/h5-6,10-13,32H,3-4,7-9H2,1-2H3,(H,26,27,28);2H2,1H3;2*1H. The van der Waals surface area contributed by atoms with Gasteiger partial charge < -0.3 is 25.4 Å². The number of nitrogens with zero attached hydrogens (tertiary/aromatic N) is 5. The second-order valence-electron chi connectivity index (χ2n) is 9.04. The van der Waals surface area contributed by atoms with Crippen molar-refractivity contribution in [3.63, 3.8) is 0 Å². The van der Waals surface area contributed by atoms with E-state index in [4.69, 9.17) is 14.5 Å². The molecule has 5 heterocycles. The highest BCUT2D eigenvalue weighted by molar-refractivity contribution is 5.96. The maximum Gasteiger partial charge on any atom is 0.240 e. The van der Waals surface area contributed by atoms with Crippen molar-refractivity contribution < 1.29 is 22.3 Å². The number of amides is 1. The van der Waals surface area contributed by atoms with Gasteiger partial charge in [0.1, 0.15) is 23.6 Å². The molecule has 2 aromatic heterocycles. The van der Waals surface area contributed by atoms with Crippen LogP contribution in [0.2, 0.25) is 0 Å². The highest BCUT2D eigenvalue weighted by atomic mass is 16.5. The summed E-state index contributed by atoms with van der Waals surface area (Å²) in [5.74, 6) is 1.62. The van der Waals surface area contributed by atoms with Gasteiger partial charge in [-0.05, 0) is 45.5 Å². The molecule has 3 aromatic rings. The number of hydrogen-bond acceptors (Lipinski definition) is 10. The lowest BCUT2D eigenvalue weighted by Gasteiger charge is -2.34. The zero-order chi connectivity index (χ0) is 25.4. The van der Waals surface area contributed by atoms with E-state index in [1.54, 1.807) is 23.4 Å². The molecule has 3 aliphatic heterocycles. The molecular weight excluding hydrogens is 462 g/mol. The Morgan fingerprint density at radius 2 is 1.97 bits per heavy atom. The fourth-order valence-electron chi connectivity index (χ4n) is 4.61. The molecular formula is C25H33N7O4. The average molecular weight is 496 g/mol. The normalized spacial score (nSPS) is 17.1. The lowest BCUT2D eigenvalue weighted by molar-refractivity contribution is -0.117. The SMILES string of the molecule is CC1(C)Oc2cc(N3CCCC3=O)ccc2-c2cnc(Nc3cnc4c(c3)N(O)CCO4)nc21.CN.[HH].[HH]. The zero-order valence-electron chi connectivity index (χ0n) is 20.5. The van der Waals surface area contributed by atoms with Gasteiger partial charge in [0, 0.05) is 44.9 Å². The Bertz CT molecular complexity index is 1320. The predicted octanol–water partition coefficient (Wildman–Crippen LogP) is 3.69. The van der Waals surface area contributed by atoms with Crippen LogP contribution in [0.15, 0.2) is 36.7 Å². The number of anilines is 4. The molecule has 1 aromatic carbocycles. The molecule has 1 saturated heterocycles. The second-order valence-corrected chi connectivity index (χ2v) is 9.04. The summed E-state index contributed by atoms with van der Waals surface area (Å²) in [6, 6.07) is 7.57. The molecule has 0 saturated carbocycles. The van der Waals surface area contributed by atoms with E-state index < -0.39 is 5.60 Å². The molecule has 0 radical (unpaired) electrons. The van der Waals surface area contributed by atoms with Crippen molar-refractivity contribution in [1.29, 1.82) is 0 Å². The number of ether oxygens (including phenoxy) is 2. The van der Waals surface area contributed by atoms with Crippen LogP contribution in [-0.2, 0) is 10.4 Å². The van der Waals surface area contributed by atoms with Crippen LogP contribution in [0.5, 0.6) is 11.6 Å². The number of aromatic nitrogens is 3. The Hall–Kier alpha value is -3.96. The van der Waals surface area contributed by atoms with Crippen LogP contribution < -0.4 is 30.5 Å². The third kappa shape index (κ3) is 4.16. The molecule has 0 spiro atoms. The van der Waals surface area contributed by atoms with Gasteiger partial charge in [0.15, 0.2) is 0 Å². The smallest absolute Gasteiger partial charge is 0.240 e. The van der Waals surface area contributed by atoms with Gasteiger partial charge >= 0.3 is 0 Å². The van der Waals surface area contributed by atoms with Gasteiger partial charge in [-0.15, -0.1) is 0 Å². The molecule has 11 nitrogen and oxygen atoms in total. The first kappa shape index (κ1) is 23.8. The van der Waals surface area contributed by atoms with Crippen molar-refractivity contribution in [3.8, 4) is 22.8 Å². The first-order valence-corrected chi connectivity index (χ1v) is 11.8. The first-order valence-electron chi connectivity index (χ1n) is 11.8. The van der Waals surface area contributed by atoms with Crippen molar-refractivity contribution in [2.75, 3.05) is 42.0 Å². The Morgan fingerprint density at radius 3 is 2.75 bits per heavy atom. The Labute approximate surface area is 211 Å². The van der Waals surface area contributed by atoms with Gasteiger partial charge in [-0.3, -0.25) is 10.0 Å². The number of rotatable bonds is 3. The lowest BCUT2D eigenvalue weighted by Crippen LogP contribution is -2.31. The molecule has 1 amide bonds. The quantitative estimate of drug-likeness (QED) is 0.493. The summed E-state index contributed by atoms with van der Waals surface area (Å²) < 4.78 is 11.8. The first-order chi connectivity index (χ1) is 17.4. The minimum atomic E-state index is -0.709. The van der Waals surface area contributed by atoms with Gasteiger partial charge in [0.05, 0.1) is 24.1 Å². The third-order valence-corrected chi connectivity index (χ3v) is 6.27. The van der Waals surface area contributed by atoms with E-state index >= 15 is 0 Å². The van der Waals surface area contributed by atoms with Gasteiger partial charge in [0.25, 0.3) is 0 Å². The monoisotopic (exact) mass is 495 g/mol. The number of benzene rings is 1. The van der Waals surface area contributed by atoms with Crippen LogP contribution in [0.1, 0.15) is 35.2 Å². The second kappa shape index (κ2) is 9.25. The van der Waals surface area contributed by atoms with E-state index in [9.17, 15) is 10.0 Å². The van der Waals surface area contributed by atoms with Crippen LogP contribution in [0.4, 0.5) is 23.0 Å². The highest BCUT2D eigenvalue weighted by Gasteiger charge is 2.36. The zero-order valence-corrected chi connectivity index (χ0v) is 20.5. The van der Waals surface area contributed by atoms with Crippen molar-refractivity contribution in [2.45, 2.75) is 32.3 Å². The fourth-order valence-corrected chi connectivity index (χ4v) is 4.61. The summed E-state index contributed by atoms with van der Waals surface area (Å²) in [5, 5.41) is 14.4. The summed E-state index contributed by atoms with van der Waals surface area (Å²) in [6.07, 6.45) is 4.84. The van der Waals surface area contributed by atoms with Crippen molar-refractivity contribution in [2.24, 2.45) is 5.73 Å². The van der Waals surface area contributed by atoms with E-state index in [-0.39, 0.29) is 8.76 Å². The summed E-state index contributed by atoms with van der Waals surface area (Å²) >= 11 is 0. The molecule has 0 atom stereocenters. The van der Waals surface area contributed by atoms with E-state index in [1.165, 1.54) is 7.05 Å². The van der Waals surface area contributed by atoms with E-state index in [0.29, 0.717) is 48.5 Å². The maximum atomic E-state index is 12.2. The molecule has 36 heavy (non-hydrogen) atoms. The number of pyridine rings is 1. The van der Waals surface area contributed by atoms with Gasteiger partial charge in [0.2, 0.25) is 17.7 Å². The number of hydrogen-bond donors (Lipinski definition) is 3. The third-order valence-electron chi connectivity index (χ3n) is 6.27. The number of fused-ring (bicyclic) bond motifs is 4. The molecule has 4 N–H and O–H groups in total. The number of nitrogens with one attached hydrogen (secondary N) is 1. The number of carbonyl (C=O) groups excluding carboxylic acids is 1. The van der Waals surface area contributed by atoms with Crippen molar-refractivity contribution >= 4 is 28.9 Å². The Kier molecular flexibility index (Phi) is 6.10. The fraction of sp³-hybridized carbons (Fsp3) is 0.360. The van der Waals surface area contributed by atoms with Crippen LogP contribution in [-0.4, -0.2) is 52.8 Å². The molecule has 192 valence electrons. The van der Waals surface area contributed by atoms with Crippen LogP contribution >= 0.6 is 0 Å². The largest absolute Gasteiger partial charge is 0.481 e. The molecule has 3 aliphatic rings. The van der Waals surface area contributed by atoms with Gasteiger partial charge in [-0.2, -0.15) is 0 Å². The number of nitrogens with two attached hydrogens (primary N) is 1. The average Bonchev–Trinajstić information content (AvgIpc) is 3.31. The maximum absolute atomic E-state index is 12.2. The summed E-state index contributed by atoms with van der Waals surface area (Å²) in [5.41, 5.74) is 8.27. The summed E-state index contributed by atoms with van der Waals surface area (Å²) in [4.78, 5) is 27.5. The molecule has 11 heteroatoms. The molecule has 6 rings (SSSR count). The van der Waals surface area contributed by atoms with Crippen LogP contribution in [0, 0.1) is 0 Å². The van der Waals surface area contributed by atoms with Crippen molar-refractivity contribution in [3.05, 3.63) is 42.4 Å². The van der Waals surface area contributed by atoms with Crippen molar-refractivity contribution in [1.82, 2.24) is 15.0 Å². The van der Waals surface area contributed by atoms with E-state index in [0.717, 1.165) is 40.5 Å². The predicted molar refractivity (Wildman–Crippen MR) is 139 cm³/mol. The number of carbonyl (C=O) groups is 1.